The minimum Gasteiger partial charge on any atom is -0.370 e. The molecule has 4 nitrogen and oxygen atoms in total. The molecule has 4 N–H and O–H groups in total. The standard InChI is InChI=1S/C26H32N4/c1-26-18-9-4-13-21(26)29-24(30-22(26)14-5-10-18)16-6-15-23-27-19-11-2-7-17-8-3-12-20(28-23)25(17)19/h2-5,7,9-13,20-24,27-30H,6,8,14-16H2,1H3. The number of rotatable bonds is 4. The van der Waals surface area contributed by atoms with E-state index in [2.05, 4.69) is 88.9 Å². The van der Waals surface area contributed by atoms with Crippen LogP contribution in [0, 0.1) is 5.41 Å². The van der Waals surface area contributed by atoms with Crippen molar-refractivity contribution in [2.24, 2.45) is 5.41 Å². The molecule has 3 aliphatic carbocycles. The summed E-state index contributed by atoms with van der Waals surface area (Å²) < 4.78 is 0. The van der Waals surface area contributed by atoms with Crippen molar-refractivity contribution >= 4 is 5.69 Å². The van der Waals surface area contributed by atoms with Crippen LogP contribution in [0.5, 0.6) is 0 Å². The van der Waals surface area contributed by atoms with Crippen LogP contribution >= 0.6 is 0 Å². The van der Waals surface area contributed by atoms with E-state index >= 15 is 0 Å². The highest BCUT2D eigenvalue weighted by Crippen LogP contribution is 2.45. The molecule has 0 radical (unpaired) electrons. The Kier molecular flexibility index (Phi) is 4.48. The van der Waals surface area contributed by atoms with Crippen LogP contribution in [0.2, 0.25) is 0 Å². The molecule has 0 bridgehead atoms. The summed E-state index contributed by atoms with van der Waals surface area (Å²) in [6, 6.07) is 7.97. The van der Waals surface area contributed by atoms with Crippen molar-refractivity contribution in [1.82, 2.24) is 16.0 Å². The summed E-state index contributed by atoms with van der Waals surface area (Å²) in [5.74, 6) is 0. The van der Waals surface area contributed by atoms with Gasteiger partial charge in [0.1, 0.15) is 0 Å². The van der Waals surface area contributed by atoms with Crippen LogP contribution in [0.3, 0.4) is 0 Å². The monoisotopic (exact) mass is 400 g/mol. The molecule has 2 heterocycles. The highest BCUT2D eigenvalue weighted by atomic mass is 15.2. The summed E-state index contributed by atoms with van der Waals surface area (Å²) in [7, 11) is 0. The van der Waals surface area contributed by atoms with Crippen molar-refractivity contribution in [3.8, 4) is 0 Å². The van der Waals surface area contributed by atoms with Gasteiger partial charge in [0.25, 0.3) is 0 Å². The van der Waals surface area contributed by atoms with E-state index in [0.29, 0.717) is 30.5 Å². The van der Waals surface area contributed by atoms with Gasteiger partial charge in [-0.2, -0.15) is 0 Å². The molecule has 6 atom stereocenters. The van der Waals surface area contributed by atoms with Gasteiger partial charge in [0.15, 0.2) is 0 Å². The number of benzene rings is 1. The van der Waals surface area contributed by atoms with Crippen LogP contribution in [-0.4, -0.2) is 24.4 Å². The molecule has 6 unspecified atom stereocenters. The quantitative estimate of drug-likeness (QED) is 0.576. The zero-order chi connectivity index (χ0) is 20.1. The van der Waals surface area contributed by atoms with Crippen molar-refractivity contribution in [1.29, 1.82) is 0 Å². The lowest BCUT2D eigenvalue weighted by Crippen LogP contribution is -2.68. The van der Waals surface area contributed by atoms with Crippen molar-refractivity contribution in [2.75, 3.05) is 5.32 Å². The Balaban J connectivity index is 1.09. The second kappa shape index (κ2) is 7.23. The number of hydrogen-bond donors (Lipinski definition) is 4. The number of hydrogen-bond acceptors (Lipinski definition) is 4. The molecule has 1 saturated heterocycles. The minimum absolute atomic E-state index is 0.168. The normalized spacial score (nSPS) is 37.8. The molecule has 0 aromatic heterocycles. The maximum atomic E-state index is 3.93. The third-order valence-electron chi connectivity index (χ3n) is 7.89. The summed E-state index contributed by atoms with van der Waals surface area (Å²) in [4.78, 5) is 0. The molecule has 0 amide bonds. The van der Waals surface area contributed by atoms with E-state index in [-0.39, 0.29) is 5.41 Å². The maximum Gasteiger partial charge on any atom is 0.0775 e. The summed E-state index contributed by atoms with van der Waals surface area (Å²) in [5, 5.41) is 15.4. The van der Waals surface area contributed by atoms with Crippen LogP contribution in [-0.2, 0) is 6.42 Å². The van der Waals surface area contributed by atoms with E-state index in [0.717, 1.165) is 25.7 Å². The molecule has 0 saturated carbocycles. The average Bonchev–Trinajstić information content (AvgIpc) is 2.75. The summed E-state index contributed by atoms with van der Waals surface area (Å²) in [6.45, 7) is 2.41. The molecule has 2 aliphatic heterocycles. The second-order valence-electron chi connectivity index (χ2n) is 9.63. The molecular formula is C26H32N4. The van der Waals surface area contributed by atoms with Gasteiger partial charge in [0.05, 0.1) is 18.4 Å². The zero-order valence-corrected chi connectivity index (χ0v) is 17.7. The van der Waals surface area contributed by atoms with Crippen LogP contribution < -0.4 is 21.3 Å². The van der Waals surface area contributed by atoms with Crippen molar-refractivity contribution in [3.63, 3.8) is 0 Å². The van der Waals surface area contributed by atoms with Gasteiger partial charge in [-0.05, 0) is 54.9 Å². The Morgan fingerprint density at radius 3 is 2.93 bits per heavy atom. The molecule has 156 valence electrons. The predicted octanol–water partition coefficient (Wildman–Crippen LogP) is 4.07. The summed E-state index contributed by atoms with van der Waals surface area (Å²) >= 11 is 0. The number of anilines is 1. The first-order valence-electron chi connectivity index (χ1n) is 11.6. The van der Waals surface area contributed by atoms with E-state index < -0.39 is 0 Å². The van der Waals surface area contributed by atoms with E-state index in [1.807, 2.05) is 0 Å². The van der Waals surface area contributed by atoms with E-state index in [1.54, 1.807) is 0 Å². The molecule has 1 aromatic carbocycles. The fourth-order valence-electron chi connectivity index (χ4n) is 6.18. The smallest absolute Gasteiger partial charge is 0.0775 e. The lowest BCUT2D eigenvalue weighted by Gasteiger charge is -2.53. The van der Waals surface area contributed by atoms with Gasteiger partial charge in [-0.25, -0.2) is 0 Å². The van der Waals surface area contributed by atoms with Gasteiger partial charge in [0, 0.05) is 23.2 Å². The fourth-order valence-corrected chi connectivity index (χ4v) is 6.18. The van der Waals surface area contributed by atoms with Crippen molar-refractivity contribution in [3.05, 3.63) is 77.4 Å². The van der Waals surface area contributed by atoms with Gasteiger partial charge < -0.3 is 5.32 Å². The Labute approximate surface area is 179 Å². The van der Waals surface area contributed by atoms with E-state index in [4.69, 9.17) is 0 Å². The van der Waals surface area contributed by atoms with Crippen molar-refractivity contribution < 1.29 is 0 Å². The van der Waals surface area contributed by atoms with Gasteiger partial charge in [0.2, 0.25) is 0 Å². The Morgan fingerprint density at radius 1 is 1.03 bits per heavy atom. The van der Waals surface area contributed by atoms with Gasteiger partial charge >= 0.3 is 0 Å². The Morgan fingerprint density at radius 2 is 1.97 bits per heavy atom. The molecule has 6 rings (SSSR count). The largest absolute Gasteiger partial charge is 0.370 e. The topological polar surface area (TPSA) is 48.1 Å². The van der Waals surface area contributed by atoms with Crippen LogP contribution in [0.15, 0.2) is 66.3 Å². The summed E-state index contributed by atoms with van der Waals surface area (Å²) in [5.41, 5.74) is 5.84. The third-order valence-corrected chi connectivity index (χ3v) is 7.89. The first-order valence-corrected chi connectivity index (χ1v) is 11.6. The highest BCUT2D eigenvalue weighted by molar-refractivity contribution is 5.61. The third kappa shape index (κ3) is 2.93. The van der Waals surface area contributed by atoms with Crippen LogP contribution in [0.4, 0.5) is 5.69 Å². The van der Waals surface area contributed by atoms with Gasteiger partial charge in [-0.1, -0.05) is 61.6 Å². The zero-order valence-electron chi connectivity index (χ0n) is 17.7. The average molecular weight is 401 g/mol. The lowest BCUT2D eigenvalue weighted by atomic mass is 9.63. The molecule has 30 heavy (non-hydrogen) atoms. The number of nitrogens with one attached hydrogen (secondary N) is 4. The first kappa shape index (κ1) is 18.6. The minimum atomic E-state index is 0.168. The predicted molar refractivity (Wildman–Crippen MR) is 123 cm³/mol. The van der Waals surface area contributed by atoms with Crippen LogP contribution in [0.1, 0.15) is 49.8 Å². The Hall–Kier alpha value is -2.14. The summed E-state index contributed by atoms with van der Waals surface area (Å²) in [6.07, 6.45) is 22.5. The fraction of sp³-hybridized carbons (Fsp3) is 0.462. The molecule has 0 spiro atoms. The van der Waals surface area contributed by atoms with Gasteiger partial charge in [-0.15, -0.1) is 0 Å². The first-order chi connectivity index (χ1) is 14.7. The van der Waals surface area contributed by atoms with E-state index in [9.17, 15) is 0 Å². The molecule has 1 fully saturated rings. The molecule has 1 aromatic rings. The second-order valence-corrected chi connectivity index (χ2v) is 9.63. The highest BCUT2D eigenvalue weighted by Gasteiger charge is 2.48. The Bertz CT molecular complexity index is 958. The SMILES string of the molecule is CC12C3=CC=CC1NC(CCCC1Nc4cccc5c4C(C=CC5)N1)NC2CC=C3. The van der Waals surface area contributed by atoms with Crippen molar-refractivity contribution in [2.45, 2.75) is 69.5 Å². The van der Waals surface area contributed by atoms with E-state index in [1.165, 1.54) is 28.8 Å². The molecule has 4 heteroatoms. The molecular weight excluding hydrogens is 368 g/mol. The van der Waals surface area contributed by atoms with Gasteiger partial charge in [-0.3, -0.25) is 16.0 Å². The maximum absolute atomic E-state index is 3.93. The molecule has 5 aliphatic rings. The van der Waals surface area contributed by atoms with Crippen LogP contribution in [0.25, 0.3) is 0 Å². The number of allylic oxidation sites excluding steroid dienone is 4. The lowest BCUT2D eigenvalue weighted by molar-refractivity contribution is 0.116.